The van der Waals surface area contributed by atoms with Crippen molar-refractivity contribution < 1.29 is 39.2 Å². The number of ether oxygens (including phenoxy) is 2. The molecule has 1 fully saturated rings. The van der Waals surface area contributed by atoms with E-state index in [9.17, 15) is 19.5 Å². The molecule has 9 nitrogen and oxygen atoms in total. The first-order valence-electron chi connectivity index (χ1n) is 12.9. The molecular formula is C30H31NO8S. The third-order valence-corrected chi connectivity index (χ3v) is 7.56. The molecule has 3 atom stereocenters. The molecule has 1 heterocycles. The number of anilines is 1. The molecule has 0 spiro atoms. The number of aliphatic carboxylic acids is 1. The summed E-state index contributed by atoms with van der Waals surface area (Å²) in [5.74, 6) is -1.52. The SMILES string of the molecule is O=C(O)CCCC(=O)Nc1ccc(C2OC(CSc3ccc(C(=O)O)cc3)CC(c3ccc(CO)cc3)O2)cc1. The number of thioether (sulfide) groups is 1. The lowest BCUT2D eigenvalue weighted by Gasteiger charge is -2.36. The van der Waals surface area contributed by atoms with Gasteiger partial charge in [0.15, 0.2) is 6.29 Å². The van der Waals surface area contributed by atoms with E-state index in [4.69, 9.17) is 19.7 Å². The maximum absolute atomic E-state index is 12.1. The van der Waals surface area contributed by atoms with Crippen LogP contribution in [-0.2, 0) is 25.7 Å². The summed E-state index contributed by atoms with van der Waals surface area (Å²) >= 11 is 1.57. The second kappa shape index (κ2) is 14.1. The average molecular weight is 566 g/mol. The van der Waals surface area contributed by atoms with Crippen LogP contribution in [0.1, 0.15) is 65.1 Å². The van der Waals surface area contributed by atoms with Crippen LogP contribution in [0.5, 0.6) is 0 Å². The highest BCUT2D eigenvalue weighted by Gasteiger charge is 2.32. The van der Waals surface area contributed by atoms with Gasteiger partial charge >= 0.3 is 11.9 Å². The number of carboxylic acid groups (broad SMARTS) is 2. The Hall–Kier alpha value is -3.70. The number of hydrogen-bond acceptors (Lipinski definition) is 7. The topological polar surface area (TPSA) is 142 Å². The first-order valence-corrected chi connectivity index (χ1v) is 13.9. The highest BCUT2D eigenvalue weighted by atomic mass is 32.2. The van der Waals surface area contributed by atoms with Gasteiger partial charge in [0.2, 0.25) is 5.91 Å². The van der Waals surface area contributed by atoms with Crippen molar-refractivity contribution in [2.45, 2.75) is 55.7 Å². The number of carbonyl (C=O) groups excluding carboxylic acids is 1. The van der Waals surface area contributed by atoms with Gasteiger partial charge in [-0.15, -0.1) is 11.8 Å². The quantitative estimate of drug-likeness (QED) is 0.212. The van der Waals surface area contributed by atoms with Gasteiger partial charge in [0, 0.05) is 41.2 Å². The van der Waals surface area contributed by atoms with Crippen LogP contribution in [-0.4, -0.2) is 45.0 Å². The molecule has 0 aromatic heterocycles. The normalized spacial score (nSPS) is 18.7. The summed E-state index contributed by atoms with van der Waals surface area (Å²) in [6, 6.07) is 21.5. The Bertz CT molecular complexity index is 1290. The average Bonchev–Trinajstić information content (AvgIpc) is 2.96. The van der Waals surface area contributed by atoms with Gasteiger partial charge in [-0.1, -0.05) is 36.4 Å². The van der Waals surface area contributed by atoms with E-state index in [0.717, 1.165) is 21.6 Å². The molecule has 4 N–H and O–H groups in total. The Morgan fingerprint density at radius 1 is 0.850 bits per heavy atom. The van der Waals surface area contributed by atoms with Crippen LogP contribution in [0.25, 0.3) is 0 Å². The Morgan fingerprint density at radius 2 is 1.52 bits per heavy atom. The van der Waals surface area contributed by atoms with Crippen LogP contribution in [0.15, 0.2) is 77.7 Å². The first kappa shape index (κ1) is 29.3. The third-order valence-electron chi connectivity index (χ3n) is 6.41. The van der Waals surface area contributed by atoms with E-state index >= 15 is 0 Å². The summed E-state index contributed by atoms with van der Waals surface area (Å²) in [6.07, 6.45) is -0.125. The Morgan fingerprint density at radius 3 is 2.15 bits per heavy atom. The molecule has 0 saturated carbocycles. The summed E-state index contributed by atoms with van der Waals surface area (Å²) < 4.78 is 12.7. The minimum atomic E-state index is -0.967. The van der Waals surface area contributed by atoms with Gasteiger partial charge in [-0.25, -0.2) is 4.79 Å². The predicted molar refractivity (Wildman–Crippen MR) is 149 cm³/mol. The van der Waals surface area contributed by atoms with Gasteiger partial charge in [0.05, 0.1) is 24.4 Å². The highest BCUT2D eigenvalue weighted by molar-refractivity contribution is 7.99. The molecule has 210 valence electrons. The van der Waals surface area contributed by atoms with Crippen LogP contribution < -0.4 is 5.32 Å². The van der Waals surface area contributed by atoms with Crippen LogP contribution in [0, 0.1) is 0 Å². The molecule has 0 aliphatic carbocycles. The summed E-state index contributed by atoms with van der Waals surface area (Å²) in [5, 5.41) is 30.1. The maximum Gasteiger partial charge on any atom is 0.335 e. The number of carbonyl (C=O) groups is 3. The number of carboxylic acids is 2. The fourth-order valence-corrected chi connectivity index (χ4v) is 5.17. The summed E-state index contributed by atoms with van der Waals surface area (Å²) in [4.78, 5) is 34.8. The Labute approximate surface area is 236 Å². The lowest BCUT2D eigenvalue weighted by Crippen LogP contribution is -2.31. The van der Waals surface area contributed by atoms with Crippen molar-refractivity contribution in [2.24, 2.45) is 0 Å². The second-order valence-electron chi connectivity index (χ2n) is 9.41. The molecule has 1 saturated heterocycles. The third kappa shape index (κ3) is 8.40. The number of rotatable bonds is 12. The molecule has 1 amide bonds. The van der Waals surface area contributed by atoms with Gasteiger partial charge in [-0.05, 0) is 53.9 Å². The number of aliphatic hydroxyl groups excluding tert-OH is 1. The summed E-state index contributed by atoms with van der Waals surface area (Å²) in [7, 11) is 0. The molecular weight excluding hydrogens is 534 g/mol. The van der Waals surface area contributed by atoms with Crippen molar-refractivity contribution in [2.75, 3.05) is 11.1 Å². The van der Waals surface area contributed by atoms with E-state index in [-0.39, 0.29) is 49.5 Å². The van der Waals surface area contributed by atoms with Crippen molar-refractivity contribution in [1.82, 2.24) is 0 Å². The van der Waals surface area contributed by atoms with E-state index in [0.29, 0.717) is 17.9 Å². The molecule has 3 aromatic rings. The lowest BCUT2D eigenvalue weighted by molar-refractivity contribution is -0.245. The van der Waals surface area contributed by atoms with Crippen molar-refractivity contribution in [3.05, 3.63) is 95.1 Å². The highest BCUT2D eigenvalue weighted by Crippen LogP contribution is 2.39. The minimum absolute atomic E-state index is 0.0417. The monoisotopic (exact) mass is 565 g/mol. The van der Waals surface area contributed by atoms with Crippen molar-refractivity contribution in [3.63, 3.8) is 0 Å². The van der Waals surface area contributed by atoms with Gasteiger partial charge in [-0.2, -0.15) is 0 Å². The molecule has 1 aliphatic rings. The number of aliphatic hydroxyl groups is 1. The number of nitrogens with one attached hydrogen (secondary N) is 1. The molecule has 40 heavy (non-hydrogen) atoms. The van der Waals surface area contributed by atoms with Crippen molar-refractivity contribution in [1.29, 1.82) is 0 Å². The van der Waals surface area contributed by atoms with E-state index in [1.54, 1.807) is 48.2 Å². The van der Waals surface area contributed by atoms with Crippen LogP contribution in [0.3, 0.4) is 0 Å². The standard InChI is InChI=1S/C30H31NO8S/c32-17-19-4-6-20(7-5-19)26-16-24(18-40-25-14-10-21(11-15-25)29(36)37)38-30(39-26)22-8-12-23(13-9-22)31-27(33)2-1-3-28(34)35/h4-15,24,26,30,32H,1-3,16-18H2,(H,31,33)(H,34,35)(H,36,37). The summed E-state index contributed by atoms with van der Waals surface area (Å²) in [6.45, 7) is -0.0417. The molecule has 0 radical (unpaired) electrons. The smallest absolute Gasteiger partial charge is 0.335 e. The van der Waals surface area contributed by atoms with Crippen molar-refractivity contribution >= 4 is 35.3 Å². The largest absolute Gasteiger partial charge is 0.481 e. The summed E-state index contributed by atoms with van der Waals surface area (Å²) in [5.41, 5.74) is 3.38. The van der Waals surface area contributed by atoms with E-state index in [1.165, 1.54) is 0 Å². The van der Waals surface area contributed by atoms with Crippen LogP contribution >= 0.6 is 11.8 Å². The van der Waals surface area contributed by atoms with E-state index in [1.807, 2.05) is 36.4 Å². The van der Waals surface area contributed by atoms with E-state index in [2.05, 4.69) is 5.32 Å². The molecule has 0 bridgehead atoms. The second-order valence-corrected chi connectivity index (χ2v) is 10.5. The predicted octanol–water partition coefficient (Wildman–Crippen LogP) is 5.41. The van der Waals surface area contributed by atoms with Crippen LogP contribution in [0.2, 0.25) is 0 Å². The van der Waals surface area contributed by atoms with Gasteiger partial charge in [0.25, 0.3) is 0 Å². The lowest BCUT2D eigenvalue weighted by atomic mass is 10.0. The molecule has 3 aromatic carbocycles. The maximum atomic E-state index is 12.1. The fourth-order valence-electron chi connectivity index (χ4n) is 4.25. The van der Waals surface area contributed by atoms with Crippen LogP contribution in [0.4, 0.5) is 5.69 Å². The number of hydrogen-bond donors (Lipinski definition) is 4. The number of amides is 1. The molecule has 3 unspecified atom stereocenters. The Balaban J connectivity index is 1.44. The van der Waals surface area contributed by atoms with Gasteiger partial charge in [0.1, 0.15) is 0 Å². The van der Waals surface area contributed by atoms with Gasteiger partial charge < -0.3 is 30.1 Å². The molecule has 4 rings (SSSR count). The number of benzene rings is 3. The zero-order valence-corrected chi connectivity index (χ0v) is 22.5. The fraction of sp³-hybridized carbons (Fsp3) is 0.300. The zero-order valence-electron chi connectivity index (χ0n) is 21.7. The van der Waals surface area contributed by atoms with Gasteiger partial charge in [-0.3, -0.25) is 9.59 Å². The molecule has 10 heteroatoms. The zero-order chi connectivity index (χ0) is 28.5. The minimum Gasteiger partial charge on any atom is -0.481 e. The first-order chi connectivity index (χ1) is 19.3. The van der Waals surface area contributed by atoms with E-state index < -0.39 is 18.2 Å². The Kier molecular flexibility index (Phi) is 10.3. The van der Waals surface area contributed by atoms with Crippen molar-refractivity contribution in [3.8, 4) is 0 Å². The molecule has 1 aliphatic heterocycles. The number of aromatic carboxylic acids is 1.